The summed E-state index contributed by atoms with van der Waals surface area (Å²) in [6.07, 6.45) is 17.4. The molecule has 2 heteroatoms. The number of benzene rings is 2. The van der Waals surface area contributed by atoms with Crippen LogP contribution in [0.25, 0.3) is 0 Å². The minimum atomic E-state index is 0.243. The summed E-state index contributed by atoms with van der Waals surface area (Å²) in [6, 6.07) is 22.6. The fourth-order valence-corrected chi connectivity index (χ4v) is 14.0. The van der Waals surface area contributed by atoms with Crippen molar-refractivity contribution in [3.63, 3.8) is 0 Å². The predicted molar refractivity (Wildman–Crippen MR) is 180 cm³/mol. The number of hydrogen-bond donors (Lipinski definition) is 0. The summed E-state index contributed by atoms with van der Waals surface area (Å²) in [4.78, 5) is 2.89. The third-order valence-electron chi connectivity index (χ3n) is 13.0. The Morgan fingerprint density at radius 1 is 0.683 bits per heavy atom. The van der Waals surface area contributed by atoms with Crippen LogP contribution >= 0.6 is 23.5 Å². The van der Waals surface area contributed by atoms with Crippen LogP contribution in [0.1, 0.15) is 112 Å². The summed E-state index contributed by atoms with van der Waals surface area (Å²) in [5, 5.41) is 0. The molecule has 0 aromatic heterocycles. The summed E-state index contributed by atoms with van der Waals surface area (Å²) in [7, 11) is 0. The summed E-state index contributed by atoms with van der Waals surface area (Å²) in [5.74, 6) is 6.52. The first-order chi connectivity index (χ1) is 19.7. The molecule has 0 aliphatic heterocycles. The number of rotatable bonds is 9. The number of hydrogen-bond acceptors (Lipinski definition) is 2. The molecule has 4 saturated carbocycles. The van der Waals surface area contributed by atoms with Crippen molar-refractivity contribution < 1.29 is 0 Å². The molecule has 0 nitrogen and oxygen atoms in total. The lowest BCUT2D eigenvalue weighted by molar-refractivity contribution is -0.114. The van der Waals surface area contributed by atoms with E-state index in [2.05, 4.69) is 119 Å². The molecule has 0 N–H and O–H groups in total. The first-order valence-corrected chi connectivity index (χ1v) is 18.8. The van der Waals surface area contributed by atoms with Crippen LogP contribution < -0.4 is 0 Å². The lowest BCUT2D eigenvalue weighted by Crippen LogP contribution is -2.55. The van der Waals surface area contributed by atoms with Gasteiger partial charge < -0.3 is 0 Å². The molecule has 2 aromatic carbocycles. The van der Waals surface area contributed by atoms with Crippen molar-refractivity contribution in [1.82, 2.24) is 0 Å². The van der Waals surface area contributed by atoms with Gasteiger partial charge in [-0.25, -0.2) is 0 Å². The zero-order valence-corrected chi connectivity index (χ0v) is 28.2. The average molecular weight is 589 g/mol. The zero-order chi connectivity index (χ0) is 28.7. The topological polar surface area (TPSA) is 0 Å². The SMILES string of the molecule is CC(C)CCC[C@@H](C)[C@H]1CC[C@H]2[C@@H]3CCC4CC(Sc5ccccc5)(Sc5ccccc5)CC[C@]4(C)[C@H]3CC[C@]12C. The first-order valence-electron chi connectivity index (χ1n) is 17.2. The summed E-state index contributed by atoms with van der Waals surface area (Å²) in [6.45, 7) is 12.9. The molecule has 0 amide bonds. The highest BCUT2D eigenvalue weighted by molar-refractivity contribution is 8.18. The normalized spacial score (nSPS) is 36.8. The lowest BCUT2D eigenvalue weighted by atomic mass is 9.44. The molecule has 41 heavy (non-hydrogen) atoms. The molecule has 4 fully saturated rings. The maximum atomic E-state index is 2.77. The van der Waals surface area contributed by atoms with Crippen LogP contribution in [-0.4, -0.2) is 4.08 Å². The van der Waals surface area contributed by atoms with Crippen LogP contribution in [0.5, 0.6) is 0 Å². The van der Waals surface area contributed by atoms with E-state index in [9.17, 15) is 0 Å². The monoisotopic (exact) mass is 588 g/mol. The average Bonchev–Trinajstić information content (AvgIpc) is 3.32. The van der Waals surface area contributed by atoms with Gasteiger partial charge in [-0.2, -0.15) is 0 Å². The Bertz CT molecular complexity index is 1090. The van der Waals surface area contributed by atoms with Crippen molar-refractivity contribution in [2.75, 3.05) is 0 Å². The standard InChI is InChI=1S/C39H56S2/c1-28(2)13-12-14-29(3)34-21-22-35-33-20-19-30-27-39(40-31-15-8-6-9-16-31,41-32-17-10-7-11-18-32)26-25-37(30,4)36(33)23-24-38(34,35)5/h6-11,15-18,28-30,33-36H,12-14,19-27H2,1-5H3/t29-,30?,33+,34-,35+,36+,37+,38-/m1/s1. The van der Waals surface area contributed by atoms with E-state index in [0.29, 0.717) is 10.8 Å². The van der Waals surface area contributed by atoms with E-state index >= 15 is 0 Å². The van der Waals surface area contributed by atoms with Crippen molar-refractivity contribution in [2.24, 2.45) is 52.3 Å². The summed E-state index contributed by atoms with van der Waals surface area (Å²) in [5.41, 5.74) is 1.13. The largest absolute Gasteiger partial charge is 0.108 e. The highest BCUT2D eigenvalue weighted by Crippen LogP contribution is 2.71. The third kappa shape index (κ3) is 5.96. The van der Waals surface area contributed by atoms with E-state index in [1.54, 1.807) is 0 Å². The molecule has 0 radical (unpaired) electrons. The molecule has 6 rings (SSSR count). The molecule has 0 saturated heterocycles. The van der Waals surface area contributed by atoms with Gasteiger partial charge in [-0.15, -0.1) is 23.5 Å². The van der Waals surface area contributed by atoms with Gasteiger partial charge in [0.15, 0.2) is 0 Å². The quantitative estimate of drug-likeness (QED) is 0.267. The van der Waals surface area contributed by atoms with Crippen LogP contribution in [0, 0.1) is 52.3 Å². The molecular weight excluding hydrogens is 533 g/mol. The van der Waals surface area contributed by atoms with Crippen molar-refractivity contribution in [1.29, 1.82) is 0 Å². The Labute approximate surface area is 261 Å². The van der Waals surface area contributed by atoms with Gasteiger partial charge in [-0.05, 0) is 134 Å². The van der Waals surface area contributed by atoms with Crippen LogP contribution in [0.15, 0.2) is 70.5 Å². The summed E-state index contributed by atoms with van der Waals surface area (Å²) < 4.78 is 0.243. The molecule has 4 aliphatic rings. The third-order valence-corrected chi connectivity index (χ3v) is 16.0. The van der Waals surface area contributed by atoms with E-state index in [1.165, 1.54) is 86.8 Å². The Hall–Kier alpha value is -0.860. The summed E-state index contributed by atoms with van der Waals surface area (Å²) >= 11 is 4.36. The molecule has 8 atom stereocenters. The molecule has 224 valence electrons. The second-order valence-electron chi connectivity index (χ2n) is 15.6. The fraction of sp³-hybridized carbons (Fsp3) is 0.692. The molecule has 4 aliphatic carbocycles. The van der Waals surface area contributed by atoms with Crippen molar-refractivity contribution in [3.8, 4) is 0 Å². The van der Waals surface area contributed by atoms with Crippen LogP contribution in [0.4, 0.5) is 0 Å². The predicted octanol–water partition coefficient (Wildman–Crippen LogP) is 12.4. The zero-order valence-electron chi connectivity index (χ0n) is 26.6. The van der Waals surface area contributed by atoms with Gasteiger partial charge in [0.2, 0.25) is 0 Å². The Balaban J connectivity index is 1.19. The van der Waals surface area contributed by atoms with Gasteiger partial charge in [0, 0.05) is 9.79 Å². The molecule has 0 bridgehead atoms. The van der Waals surface area contributed by atoms with Crippen molar-refractivity contribution in [3.05, 3.63) is 60.7 Å². The van der Waals surface area contributed by atoms with Gasteiger partial charge in [-0.1, -0.05) is 90.3 Å². The second kappa shape index (κ2) is 12.3. The van der Waals surface area contributed by atoms with E-state index in [-0.39, 0.29) is 4.08 Å². The minimum absolute atomic E-state index is 0.243. The maximum absolute atomic E-state index is 2.77. The highest BCUT2D eigenvalue weighted by Gasteiger charge is 2.62. The molecule has 0 spiro atoms. The molecule has 2 aromatic rings. The van der Waals surface area contributed by atoms with Crippen molar-refractivity contribution in [2.45, 2.75) is 126 Å². The fourth-order valence-electron chi connectivity index (χ4n) is 10.8. The number of fused-ring (bicyclic) bond motifs is 5. The van der Waals surface area contributed by atoms with Crippen LogP contribution in [-0.2, 0) is 0 Å². The Morgan fingerprint density at radius 3 is 1.95 bits per heavy atom. The number of thioether (sulfide) groups is 2. The van der Waals surface area contributed by atoms with Gasteiger partial charge in [0.05, 0.1) is 4.08 Å². The molecular formula is C39H56S2. The first kappa shape index (κ1) is 30.2. The van der Waals surface area contributed by atoms with Gasteiger partial charge in [0.25, 0.3) is 0 Å². The lowest BCUT2D eigenvalue weighted by Gasteiger charge is -2.62. The Morgan fingerprint density at radius 2 is 1.32 bits per heavy atom. The minimum Gasteiger partial charge on any atom is -0.108 e. The van der Waals surface area contributed by atoms with Crippen LogP contribution in [0.2, 0.25) is 0 Å². The van der Waals surface area contributed by atoms with E-state index in [0.717, 1.165) is 41.4 Å². The van der Waals surface area contributed by atoms with E-state index in [1.807, 2.05) is 0 Å². The van der Waals surface area contributed by atoms with E-state index < -0.39 is 0 Å². The van der Waals surface area contributed by atoms with Gasteiger partial charge in [-0.3, -0.25) is 0 Å². The van der Waals surface area contributed by atoms with Gasteiger partial charge in [0.1, 0.15) is 0 Å². The van der Waals surface area contributed by atoms with E-state index in [4.69, 9.17) is 0 Å². The van der Waals surface area contributed by atoms with Crippen LogP contribution in [0.3, 0.4) is 0 Å². The maximum Gasteiger partial charge on any atom is 0.0708 e. The Kier molecular flexibility index (Phi) is 9.03. The molecule has 1 unspecified atom stereocenters. The van der Waals surface area contributed by atoms with Gasteiger partial charge >= 0.3 is 0 Å². The second-order valence-corrected chi connectivity index (χ2v) is 18.8. The highest BCUT2D eigenvalue weighted by atomic mass is 32.2. The smallest absolute Gasteiger partial charge is 0.0708 e. The van der Waals surface area contributed by atoms with Crippen molar-refractivity contribution >= 4 is 23.5 Å². The molecule has 0 heterocycles.